The van der Waals surface area contributed by atoms with Crippen molar-refractivity contribution in [2.24, 2.45) is 5.73 Å². The Morgan fingerprint density at radius 3 is 2.50 bits per heavy atom. The number of carboxylic acids is 1. The van der Waals surface area contributed by atoms with Crippen LogP contribution in [0.3, 0.4) is 0 Å². The molecule has 5 heteroatoms. The fraction of sp³-hybridized carbons (Fsp3) is 0.818. The lowest BCUT2D eigenvalue weighted by atomic mass is 10.1. The Labute approximate surface area is 96.4 Å². The molecule has 0 bridgehead atoms. The van der Waals surface area contributed by atoms with Crippen molar-refractivity contribution < 1.29 is 14.7 Å². The molecule has 0 aromatic heterocycles. The molecule has 94 valence electrons. The number of hydrogen-bond donors (Lipinski definition) is 3. The van der Waals surface area contributed by atoms with Crippen LogP contribution in [0, 0.1) is 0 Å². The van der Waals surface area contributed by atoms with Crippen LogP contribution < -0.4 is 11.1 Å². The van der Waals surface area contributed by atoms with E-state index in [0.717, 1.165) is 12.8 Å². The van der Waals surface area contributed by atoms with Crippen molar-refractivity contribution in [2.75, 3.05) is 0 Å². The van der Waals surface area contributed by atoms with Gasteiger partial charge in [0.2, 0.25) is 5.91 Å². The van der Waals surface area contributed by atoms with Gasteiger partial charge < -0.3 is 16.2 Å². The molecule has 1 amide bonds. The molecule has 2 unspecified atom stereocenters. The molecule has 0 radical (unpaired) electrons. The van der Waals surface area contributed by atoms with E-state index < -0.39 is 5.97 Å². The molecule has 16 heavy (non-hydrogen) atoms. The van der Waals surface area contributed by atoms with Crippen molar-refractivity contribution in [3.8, 4) is 0 Å². The van der Waals surface area contributed by atoms with Crippen molar-refractivity contribution in [3.05, 3.63) is 0 Å². The molecule has 0 spiro atoms. The first kappa shape index (κ1) is 14.9. The van der Waals surface area contributed by atoms with Gasteiger partial charge in [0.05, 0.1) is 0 Å². The van der Waals surface area contributed by atoms with E-state index >= 15 is 0 Å². The van der Waals surface area contributed by atoms with Gasteiger partial charge in [0.25, 0.3) is 0 Å². The summed E-state index contributed by atoms with van der Waals surface area (Å²) >= 11 is 0. The van der Waals surface area contributed by atoms with E-state index in [4.69, 9.17) is 10.8 Å². The first-order chi connectivity index (χ1) is 7.45. The topological polar surface area (TPSA) is 92.4 Å². The molecule has 0 fully saturated rings. The smallest absolute Gasteiger partial charge is 0.303 e. The van der Waals surface area contributed by atoms with Gasteiger partial charge in [-0.1, -0.05) is 13.3 Å². The largest absolute Gasteiger partial charge is 0.481 e. The van der Waals surface area contributed by atoms with Gasteiger partial charge in [-0.2, -0.15) is 0 Å². The third-order valence-electron chi connectivity index (χ3n) is 2.31. The molecule has 4 N–H and O–H groups in total. The lowest BCUT2D eigenvalue weighted by Crippen LogP contribution is -2.37. The van der Waals surface area contributed by atoms with Crippen LogP contribution in [-0.2, 0) is 9.59 Å². The summed E-state index contributed by atoms with van der Waals surface area (Å²) in [5.74, 6) is -0.942. The van der Waals surface area contributed by atoms with E-state index in [2.05, 4.69) is 5.32 Å². The van der Waals surface area contributed by atoms with Gasteiger partial charge in [0.1, 0.15) is 0 Å². The number of nitrogens with two attached hydrogens (primary N) is 1. The minimum atomic E-state index is -0.844. The average Bonchev–Trinajstić information content (AvgIpc) is 2.14. The number of amides is 1. The molecule has 0 rings (SSSR count). The van der Waals surface area contributed by atoms with Crippen molar-refractivity contribution in [2.45, 2.75) is 58.0 Å². The van der Waals surface area contributed by atoms with Gasteiger partial charge in [-0.3, -0.25) is 9.59 Å². The van der Waals surface area contributed by atoms with Gasteiger partial charge in [-0.25, -0.2) is 0 Å². The number of carbonyl (C=O) groups excluding carboxylic acids is 1. The van der Waals surface area contributed by atoms with Crippen LogP contribution in [0.4, 0.5) is 0 Å². The van der Waals surface area contributed by atoms with E-state index in [1.54, 1.807) is 6.92 Å². The van der Waals surface area contributed by atoms with Crippen LogP contribution in [0.25, 0.3) is 0 Å². The zero-order valence-electron chi connectivity index (χ0n) is 10.0. The zero-order valence-corrected chi connectivity index (χ0v) is 10.0. The summed E-state index contributed by atoms with van der Waals surface area (Å²) in [7, 11) is 0. The lowest BCUT2D eigenvalue weighted by molar-refractivity contribution is -0.137. The number of hydrogen-bond acceptors (Lipinski definition) is 3. The standard InChI is InChI=1S/C11H22N2O3/c1-3-4-9(12)7-10(14)13-8(2)5-6-11(15)16/h8-9H,3-7,12H2,1-2H3,(H,13,14)(H,15,16). The predicted molar refractivity (Wildman–Crippen MR) is 62.0 cm³/mol. The Bertz CT molecular complexity index is 231. The maximum atomic E-state index is 11.4. The maximum absolute atomic E-state index is 11.4. The summed E-state index contributed by atoms with van der Waals surface area (Å²) < 4.78 is 0. The molecule has 0 aromatic carbocycles. The normalized spacial score (nSPS) is 14.2. The molecular weight excluding hydrogens is 208 g/mol. The zero-order chi connectivity index (χ0) is 12.6. The molecule has 0 saturated heterocycles. The molecule has 5 nitrogen and oxygen atoms in total. The molecule has 0 heterocycles. The number of rotatable bonds is 8. The van der Waals surface area contributed by atoms with Crippen LogP contribution in [0.15, 0.2) is 0 Å². The summed E-state index contributed by atoms with van der Waals surface area (Å²) in [5.41, 5.74) is 5.73. The van der Waals surface area contributed by atoms with Crippen molar-refractivity contribution in [1.29, 1.82) is 0 Å². The van der Waals surface area contributed by atoms with Gasteiger partial charge in [0, 0.05) is 24.9 Å². The highest BCUT2D eigenvalue weighted by Gasteiger charge is 2.12. The van der Waals surface area contributed by atoms with Crippen molar-refractivity contribution in [3.63, 3.8) is 0 Å². The summed E-state index contributed by atoms with van der Waals surface area (Å²) in [4.78, 5) is 21.8. The highest BCUT2D eigenvalue weighted by atomic mass is 16.4. The van der Waals surface area contributed by atoms with E-state index in [9.17, 15) is 9.59 Å². The highest BCUT2D eigenvalue weighted by molar-refractivity contribution is 5.76. The average molecular weight is 230 g/mol. The first-order valence-corrected chi connectivity index (χ1v) is 5.72. The Morgan fingerprint density at radius 2 is 2.00 bits per heavy atom. The molecule has 0 aliphatic rings. The summed E-state index contributed by atoms with van der Waals surface area (Å²) in [5, 5.41) is 11.2. The molecule has 0 aliphatic heterocycles. The van der Waals surface area contributed by atoms with E-state index in [1.165, 1.54) is 0 Å². The maximum Gasteiger partial charge on any atom is 0.303 e. The third-order valence-corrected chi connectivity index (χ3v) is 2.31. The Hall–Kier alpha value is -1.10. The van der Waals surface area contributed by atoms with E-state index in [1.807, 2.05) is 6.92 Å². The van der Waals surface area contributed by atoms with E-state index in [0.29, 0.717) is 12.8 Å². The SMILES string of the molecule is CCCC(N)CC(=O)NC(C)CCC(=O)O. The third kappa shape index (κ3) is 8.23. The lowest BCUT2D eigenvalue weighted by Gasteiger charge is -2.15. The second kappa shape index (κ2) is 8.10. The van der Waals surface area contributed by atoms with Gasteiger partial charge in [0.15, 0.2) is 0 Å². The monoisotopic (exact) mass is 230 g/mol. The van der Waals surface area contributed by atoms with E-state index in [-0.39, 0.29) is 24.4 Å². The number of aliphatic carboxylic acids is 1. The quantitative estimate of drug-likeness (QED) is 0.577. The molecule has 0 aliphatic carbocycles. The Kier molecular flexibility index (Phi) is 7.54. The summed E-state index contributed by atoms with van der Waals surface area (Å²) in [6.07, 6.45) is 2.62. The number of carboxylic acid groups (broad SMARTS) is 1. The van der Waals surface area contributed by atoms with Crippen LogP contribution >= 0.6 is 0 Å². The molecule has 0 saturated carbocycles. The Balaban J connectivity index is 3.73. The minimum absolute atomic E-state index is 0.0719. The second-order valence-electron chi connectivity index (χ2n) is 4.15. The fourth-order valence-electron chi connectivity index (χ4n) is 1.46. The Morgan fingerprint density at radius 1 is 1.38 bits per heavy atom. The predicted octanol–water partition coefficient (Wildman–Crippen LogP) is 0.873. The fourth-order valence-corrected chi connectivity index (χ4v) is 1.46. The van der Waals surface area contributed by atoms with Gasteiger partial charge in [-0.05, 0) is 19.8 Å². The number of carbonyl (C=O) groups is 2. The van der Waals surface area contributed by atoms with Crippen molar-refractivity contribution in [1.82, 2.24) is 5.32 Å². The van der Waals surface area contributed by atoms with Crippen LogP contribution in [0.2, 0.25) is 0 Å². The highest BCUT2D eigenvalue weighted by Crippen LogP contribution is 2.01. The van der Waals surface area contributed by atoms with Gasteiger partial charge in [-0.15, -0.1) is 0 Å². The van der Waals surface area contributed by atoms with Gasteiger partial charge >= 0.3 is 5.97 Å². The van der Waals surface area contributed by atoms with Crippen LogP contribution in [0.1, 0.15) is 46.0 Å². The molecule has 0 aromatic rings. The van der Waals surface area contributed by atoms with Crippen molar-refractivity contribution >= 4 is 11.9 Å². The second-order valence-corrected chi connectivity index (χ2v) is 4.15. The number of nitrogens with one attached hydrogen (secondary N) is 1. The van der Waals surface area contributed by atoms with Crippen LogP contribution in [-0.4, -0.2) is 29.1 Å². The van der Waals surface area contributed by atoms with Crippen LogP contribution in [0.5, 0.6) is 0 Å². The first-order valence-electron chi connectivity index (χ1n) is 5.72. The molecule has 2 atom stereocenters. The summed E-state index contributed by atoms with van der Waals surface area (Å²) in [6, 6.07) is -0.214. The minimum Gasteiger partial charge on any atom is -0.481 e. The summed E-state index contributed by atoms with van der Waals surface area (Å²) in [6.45, 7) is 3.82. The molecular formula is C11H22N2O3.